The van der Waals surface area contributed by atoms with E-state index in [-0.39, 0.29) is 6.04 Å². The van der Waals surface area contributed by atoms with Crippen molar-refractivity contribution in [3.05, 3.63) is 48.8 Å². The first kappa shape index (κ1) is 15.8. The van der Waals surface area contributed by atoms with Crippen molar-refractivity contribution >= 4 is 16.7 Å². The SMILES string of the molecule is CC(C)Nc1cc(-n2ncc3cc(C#N)cnc32)ncc1-c1c[nH]cn1. The van der Waals surface area contributed by atoms with Gasteiger partial charge in [0.1, 0.15) is 6.07 Å². The van der Waals surface area contributed by atoms with Crippen LogP contribution in [-0.4, -0.2) is 35.8 Å². The molecule has 0 aliphatic rings. The number of hydrogen-bond acceptors (Lipinski definition) is 6. The van der Waals surface area contributed by atoms with Crippen molar-refractivity contribution in [3.8, 4) is 23.1 Å². The van der Waals surface area contributed by atoms with Gasteiger partial charge in [-0.25, -0.2) is 15.0 Å². The average Bonchev–Trinajstić information content (AvgIpc) is 3.30. The summed E-state index contributed by atoms with van der Waals surface area (Å²) in [6.07, 6.45) is 8.46. The molecule has 4 aromatic rings. The van der Waals surface area contributed by atoms with Crippen LogP contribution in [0.4, 0.5) is 5.69 Å². The van der Waals surface area contributed by atoms with Crippen LogP contribution in [0.5, 0.6) is 0 Å². The highest BCUT2D eigenvalue weighted by molar-refractivity contribution is 5.79. The third kappa shape index (κ3) is 2.75. The highest BCUT2D eigenvalue weighted by Crippen LogP contribution is 2.28. The van der Waals surface area contributed by atoms with Gasteiger partial charge in [-0.05, 0) is 19.9 Å². The first-order chi connectivity index (χ1) is 12.7. The molecular formula is C18H16N8. The summed E-state index contributed by atoms with van der Waals surface area (Å²) in [4.78, 5) is 16.2. The summed E-state index contributed by atoms with van der Waals surface area (Å²) in [5.41, 5.74) is 3.78. The molecule has 0 aromatic carbocycles. The molecule has 4 heterocycles. The summed E-state index contributed by atoms with van der Waals surface area (Å²) in [5.74, 6) is 0.639. The zero-order chi connectivity index (χ0) is 18.1. The molecule has 0 saturated heterocycles. The fraction of sp³-hybridized carbons (Fsp3) is 0.167. The van der Waals surface area contributed by atoms with Gasteiger partial charge in [0.2, 0.25) is 0 Å². The Labute approximate surface area is 149 Å². The normalized spacial score (nSPS) is 11.0. The third-order valence-electron chi connectivity index (χ3n) is 3.86. The number of nitrogens with one attached hydrogen (secondary N) is 2. The number of nitrogens with zero attached hydrogens (tertiary/aromatic N) is 6. The zero-order valence-electron chi connectivity index (χ0n) is 14.3. The molecule has 2 N–H and O–H groups in total. The Morgan fingerprint density at radius 2 is 2.04 bits per heavy atom. The maximum absolute atomic E-state index is 9.02. The van der Waals surface area contributed by atoms with E-state index in [2.05, 4.69) is 50.3 Å². The van der Waals surface area contributed by atoms with E-state index in [9.17, 15) is 0 Å². The molecule has 0 radical (unpaired) electrons. The Bertz CT molecular complexity index is 1100. The van der Waals surface area contributed by atoms with Gasteiger partial charge >= 0.3 is 0 Å². The highest BCUT2D eigenvalue weighted by Gasteiger charge is 2.14. The van der Waals surface area contributed by atoms with E-state index in [4.69, 9.17) is 5.26 Å². The number of pyridine rings is 2. The number of fused-ring (bicyclic) bond motifs is 1. The Morgan fingerprint density at radius 1 is 1.15 bits per heavy atom. The van der Waals surface area contributed by atoms with Crippen molar-refractivity contribution in [1.29, 1.82) is 5.26 Å². The van der Waals surface area contributed by atoms with Crippen LogP contribution in [0.15, 0.2) is 43.2 Å². The van der Waals surface area contributed by atoms with Crippen LogP contribution in [0.2, 0.25) is 0 Å². The molecule has 8 heteroatoms. The minimum Gasteiger partial charge on any atom is -0.382 e. The molecule has 0 unspecified atom stereocenters. The van der Waals surface area contributed by atoms with Gasteiger partial charge in [-0.15, -0.1) is 0 Å². The van der Waals surface area contributed by atoms with Gasteiger partial charge in [-0.1, -0.05) is 0 Å². The lowest BCUT2D eigenvalue weighted by Gasteiger charge is -2.15. The van der Waals surface area contributed by atoms with Gasteiger partial charge in [0.15, 0.2) is 11.5 Å². The molecule has 0 amide bonds. The first-order valence-corrected chi connectivity index (χ1v) is 8.15. The lowest BCUT2D eigenvalue weighted by molar-refractivity contribution is 0.858. The van der Waals surface area contributed by atoms with Crippen molar-refractivity contribution in [2.75, 3.05) is 5.32 Å². The summed E-state index contributed by atoms with van der Waals surface area (Å²) in [5, 5.41) is 17.6. The van der Waals surface area contributed by atoms with Crippen molar-refractivity contribution in [1.82, 2.24) is 29.7 Å². The molecule has 0 spiro atoms. The quantitative estimate of drug-likeness (QED) is 0.589. The predicted octanol–water partition coefficient (Wildman–Crippen LogP) is 2.90. The Kier molecular flexibility index (Phi) is 3.82. The van der Waals surface area contributed by atoms with Crippen molar-refractivity contribution in [3.63, 3.8) is 0 Å². The number of anilines is 1. The van der Waals surface area contributed by atoms with Crippen LogP contribution in [-0.2, 0) is 0 Å². The van der Waals surface area contributed by atoms with E-state index in [1.807, 2.05) is 12.3 Å². The molecule has 8 nitrogen and oxygen atoms in total. The fourth-order valence-corrected chi connectivity index (χ4v) is 2.75. The summed E-state index contributed by atoms with van der Waals surface area (Å²) in [6, 6.07) is 6.02. The molecule has 4 rings (SSSR count). The lowest BCUT2D eigenvalue weighted by Crippen LogP contribution is -2.12. The fourth-order valence-electron chi connectivity index (χ4n) is 2.75. The molecule has 4 aromatic heterocycles. The molecule has 0 aliphatic heterocycles. The van der Waals surface area contributed by atoms with Crippen LogP contribution in [0.1, 0.15) is 19.4 Å². The molecule has 0 atom stereocenters. The second kappa shape index (κ2) is 6.29. The number of imidazole rings is 1. The van der Waals surface area contributed by atoms with E-state index in [0.29, 0.717) is 17.0 Å². The Hall–Kier alpha value is -3.73. The highest BCUT2D eigenvalue weighted by atomic mass is 15.3. The van der Waals surface area contributed by atoms with Crippen molar-refractivity contribution in [2.45, 2.75) is 19.9 Å². The molecule has 0 fully saturated rings. The largest absolute Gasteiger partial charge is 0.382 e. The van der Waals surface area contributed by atoms with E-state index in [0.717, 1.165) is 22.3 Å². The summed E-state index contributed by atoms with van der Waals surface area (Å²) >= 11 is 0. The smallest absolute Gasteiger partial charge is 0.164 e. The second-order valence-electron chi connectivity index (χ2n) is 6.15. The van der Waals surface area contributed by atoms with Crippen LogP contribution >= 0.6 is 0 Å². The van der Waals surface area contributed by atoms with Gasteiger partial charge in [0.25, 0.3) is 0 Å². The van der Waals surface area contributed by atoms with Crippen molar-refractivity contribution < 1.29 is 0 Å². The van der Waals surface area contributed by atoms with Crippen molar-refractivity contribution in [2.24, 2.45) is 0 Å². The van der Waals surface area contributed by atoms with E-state index in [1.165, 1.54) is 6.20 Å². The van der Waals surface area contributed by atoms with E-state index < -0.39 is 0 Å². The average molecular weight is 344 g/mol. The summed E-state index contributed by atoms with van der Waals surface area (Å²) in [7, 11) is 0. The lowest BCUT2D eigenvalue weighted by atomic mass is 10.1. The first-order valence-electron chi connectivity index (χ1n) is 8.15. The van der Waals surface area contributed by atoms with Gasteiger partial charge in [-0.2, -0.15) is 15.0 Å². The molecule has 26 heavy (non-hydrogen) atoms. The molecule has 0 bridgehead atoms. The van der Waals surface area contributed by atoms with E-state index in [1.54, 1.807) is 29.5 Å². The standard InChI is InChI=1S/C18H16N8/c1-11(2)25-15-4-17(21-8-14(15)16-9-20-10-23-16)26-18-13(7-24-26)3-12(5-19)6-22-18/h3-4,6-11H,1-2H3,(H,20,23)(H,21,25). The molecular weight excluding hydrogens is 328 g/mol. The van der Waals surface area contributed by atoms with E-state index >= 15 is 0 Å². The maximum Gasteiger partial charge on any atom is 0.164 e. The summed E-state index contributed by atoms with van der Waals surface area (Å²) < 4.78 is 1.66. The Morgan fingerprint density at radius 3 is 2.77 bits per heavy atom. The monoisotopic (exact) mass is 344 g/mol. The number of aromatic nitrogens is 6. The van der Waals surface area contributed by atoms with Crippen LogP contribution < -0.4 is 5.32 Å². The minimum atomic E-state index is 0.244. The van der Waals surface area contributed by atoms with Crippen LogP contribution in [0.3, 0.4) is 0 Å². The molecule has 0 saturated carbocycles. The number of H-pyrrole nitrogens is 1. The van der Waals surface area contributed by atoms with Gasteiger partial charge in [0.05, 0.1) is 23.8 Å². The maximum atomic E-state index is 9.02. The number of aromatic amines is 1. The molecule has 128 valence electrons. The number of rotatable bonds is 4. The van der Waals surface area contributed by atoms with Crippen LogP contribution in [0, 0.1) is 11.3 Å². The zero-order valence-corrected chi connectivity index (χ0v) is 14.3. The van der Waals surface area contributed by atoms with Gasteiger partial charge in [0, 0.05) is 47.3 Å². The molecule has 0 aliphatic carbocycles. The second-order valence-corrected chi connectivity index (χ2v) is 6.15. The number of nitriles is 1. The van der Waals surface area contributed by atoms with Gasteiger partial charge < -0.3 is 10.3 Å². The van der Waals surface area contributed by atoms with Gasteiger partial charge in [-0.3, -0.25) is 0 Å². The summed E-state index contributed by atoms with van der Waals surface area (Å²) in [6.45, 7) is 4.14. The third-order valence-corrected chi connectivity index (χ3v) is 3.86. The minimum absolute atomic E-state index is 0.244. The predicted molar refractivity (Wildman–Crippen MR) is 97.7 cm³/mol. The van der Waals surface area contributed by atoms with Crippen LogP contribution in [0.25, 0.3) is 28.1 Å². The Balaban J connectivity index is 1.84. The number of hydrogen-bond donors (Lipinski definition) is 2. The topological polar surface area (TPSA) is 108 Å².